The molecule has 1 unspecified atom stereocenters. The highest BCUT2D eigenvalue weighted by Gasteiger charge is 2.50. The van der Waals surface area contributed by atoms with E-state index in [1.165, 1.54) is 122 Å². The fourth-order valence-electron chi connectivity index (χ4n) is 15.6. The minimum Gasteiger partial charge on any atom is -0.310 e. The minimum atomic E-state index is -0.598. The van der Waals surface area contributed by atoms with Gasteiger partial charge in [0, 0.05) is 27.9 Å². The van der Waals surface area contributed by atoms with Crippen molar-refractivity contribution in [3.8, 4) is 55.6 Å². The van der Waals surface area contributed by atoms with Crippen LogP contribution in [-0.2, 0) is 33.5 Å². The van der Waals surface area contributed by atoms with Gasteiger partial charge < -0.3 is 4.90 Å². The molecule has 0 saturated heterocycles. The first kappa shape index (κ1) is 50.2. The van der Waals surface area contributed by atoms with Gasteiger partial charge >= 0.3 is 0 Å². The highest BCUT2D eigenvalue weighted by atomic mass is 15.1. The lowest BCUT2D eigenvalue weighted by Crippen LogP contribution is -2.29. The molecule has 4 aliphatic rings. The van der Waals surface area contributed by atoms with Crippen LogP contribution in [0.2, 0.25) is 0 Å². The quantitative estimate of drug-likeness (QED) is 0.154. The zero-order chi connectivity index (χ0) is 55.9. The van der Waals surface area contributed by atoms with Gasteiger partial charge in [0.25, 0.3) is 0 Å². The van der Waals surface area contributed by atoms with Crippen LogP contribution in [0.5, 0.6) is 0 Å². The Bertz CT molecular complexity index is 4310. The maximum absolute atomic E-state index is 2.56. The first-order chi connectivity index (χ1) is 39.7. The SMILES string of the molecule is CC(C)(C)c1ccc(C2(c3ccc(C(C)(C)C)cc3)c3ccccc3-c3ccc(N(c4ccc(-c5ccccc5-c5cccc6c5C(C)(C)c5ccccc5-6)cc4)c4ccc5c(c4)C4(CCc6ccccc64)c4ccccc4-5)cc32)cc1. The van der Waals surface area contributed by atoms with Crippen LogP contribution in [0.25, 0.3) is 55.6 Å². The van der Waals surface area contributed by atoms with Gasteiger partial charge in [-0.25, -0.2) is 0 Å². The van der Waals surface area contributed by atoms with E-state index in [4.69, 9.17) is 0 Å². The number of nitrogens with zero attached hydrogens (tertiary/aromatic N) is 1. The summed E-state index contributed by atoms with van der Waals surface area (Å²) in [6.07, 6.45) is 2.10. The number of rotatable bonds is 7. The standard InChI is InChI=1S/C81H69N/c1-77(2,3)54-34-38-56(39-35-54)81(57-40-36-55(37-41-57)78(4,5)6)73-31-18-14-24-64(73)67-47-45-60(51-75(67)81)82(59-44-46-66-63-23-13-17-30-72(63)80(74(66)50-59)49-48-53-20-9-15-28-70(53)80)58-42-32-52(33-43-58)61-21-10-11-22-62(61)68-26-19-27-69-65-25-12-16-29-71(65)79(7,8)76(68)69/h9-47,50-51H,48-49H2,1-8H3. The van der Waals surface area contributed by atoms with Crippen molar-refractivity contribution in [2.24, 2.45) is 0 Å². The third-order valence-corrected chi connectivity index (χ3v) is 19.5. The number of fused-ring (bicyclic) bond motifs is 13. The van der Waals surface area contributed by atoms with Crippen LogP contribution in [-0.4, -0.2) is 0 Å². The van der Waals surface area contributed by atoms with E-state index in [2.05, 4.69) is 309 Å². The average molecular weight is 1060 g/mol. The Balaban J connectivity index is 0.943. The Morgan fingerprint density at radius 3 is 1.35 bits per heavy atom. The van der Waals surface area contributed by atoms with Crippen molar-refractivity contribution >= 4 is 17.1 Å². The molecule has 15 rings (SSSR count). The second-order valence-electron chi connectivity index (χ2n) is 26.3. The van der Waals surface area contributed by atoms with Crippen LogP contribution < -0.4 is 4.90 Å². The van der Waals surface area contributed by atoms with E-state index in [1.54, 1.807) is 0 Å². The summed E-state index contributed by atoms with van der Waals surface area (Å²) in [6, 6.07) is 95.9. The molecule has 0 fully saturated rings. The van der Waals surface area contributed by atoms with Gasteiger partial charge in [0.05, 0.1) is 5.41 Å². The van der Waals surface area contributed by atoms with Crippen molar-refractivity contribution in [1.29, 1.82) is 0 Å². The zero-order valence-corrected chi connectivity index (χ0v) is 48.5. The average Bonchev–Trinajstić information content (AvgIpc) is 1.80. The molecule has 1 spiro atoms. The van der Waals surface area contributed by atoms with Crippen LogP contribution in [0.3, 0.4) is 0 Å². The van der Waals surface area contributed by atoms with Crippen molar-refractivity contribution in [1.82, 2.24) is 0 Å². The zero-order valence-electron chi connectivity index (χ0n) is 48.5. The molecule has 1 nitrogen and oxygen atoms in total. The number of aryl methyl sites for hydroxylation is 1. The summed E-state index contributed by atoms with van der Waals surface area (Å²) < 4.78 is 0. The summed E-state index contributed by atoms with van der Waals surface area (Å²) in [5, 5.41) is 0. The van der Waals surface area contributed by atoms with Gasteiger partial charge in [0.2, 0.25) is 0 Å². The van der Waals surface area contributed by atoms with Crippen LogP contribution in [0, 0.1) is 0 Å². The van der Waals surface area contributed by atoms with E-state index in [0.29, 0.717) is 0 Å². The van der Waals surface area contributed by atoms with Gasteiger partial charge in [0.1, 0.15) is 0 Å². The van der Waals surface area contributed by atoms with E-state index in [0.717, 1.165) is 29.9 Å². The fraction of sp³-hybridized carbons (Fsp3) is 0.185. The second-order valence-corrected chi connectivity index (χ2v) is 26.3. The Labute approximate surface area is 485 Å². The van der Waals surface area contributed by atoms with E-state index in [9.17, 15) is 0 Å². The summed E-state index contributed by atoms with van der Waals surface area (Å²) in [5.74, 6) is 0. The normalized spacial score (nSPS) is 16.4. The van der Waals surface area contributed by atoms with Crippen molar-refractivity contribution in [3.05, 3.63) is 315 Å². The van der Waals surface area contributed by atoms with Gasteiger partial charge in [-0.15, -0.1) is 0 Å². The smallest absolute Gasteiger partial charge is 0.0714 e. The summed E-state index contributed by atoms with van der Waals surface area (Å²) >= 11 is 0. The monoisotopic (exact) mass is 1060 g/mol. The molecule has 0 N–H and O–H groups in total. The van der Waals surface area contributed by atoms with Crippen molar-refractivity contribution in [3.63, 3.8) is 0 Å². The topological polar surface area (TPSA) is 3.24 Å². The molecule has 1 atom stereocenters. The van der Waals surface area contributed by atoms with Gasteiger partial charge in [-0.2, -0.15) is 0 Å². The van der Waals surface area contributed by atoms with Crippen LogP contribution in [0.4, 0.5) is 17.1 Å². The van der Waals surface area contributed by atoms with Crippen molar-refractivity contribution in [2.75, 3.05) is 4.90 Å². The molecule has 0 amide bonds. The molecular weight excluding hydrogens is 987 g/mol. The summed E-state index contributed by atoms with van der Waals surface area (Å²) in [4.78, 5) is 2.55. The molecule has 4 aliphatic carbocycles. The first-order valence-electron chi connectivity index (χ1n) is 29.7. The highest BCUT2D eigenvalue weighted by molar-refractivity contribution is 5.95. The number of benzene rings is 11. The minimum absolute atomic E-state index is 0.0122. The second kappa shape index (κ2) is 18.1. The van der Waals surface area contributed by atoms with Gasteiger partial charge in [-0.3, -0.25) is 0 Å². The largest absolute Gasteiger partial charge is 0.310 e. The predicted octanol–water partition coefficient (Wildman–Crippen LogP) is 21.0. The first-order valence-corrected chi connectivity index (χ1v) is 29.7. The third kappa shape index (κ3) is 7.24. The Hall–Kier alpha value is -8.78. The highest BCUT2D eigenvalue weighted by Crippen LogP contribution is 2.61. The lowest BCUT2D eigenvalue weighted by atomic mass is 9.67. The molecule has 1 heteroatoms. The number of anilines is 3. The van der Waals surface area contributed by atoms with Crippen LogP contribution >= 0.6 is 0 Å². The van der Waals surface area contributed by atoms with E-state index < -0.39 is 5.41 Å². The lowest BCUT2D eigenvalue weighted by molar-refractivity contribution is 0.588. The Kier molecular flexibility index (Phi) is 11.1. The molecule has 0 radical (unpaired) electrons. The van der Waals surface area contributed by atoms with E-state index in [1.807, 2.05) is 0 Å². The van der Waals surface area contributed by atoms with Gasteiger partial charge in [0.15, 0.2) is 0 Å². The van der Waals surface area contributed by atoms with Crippen LogP contribution in [0.15, 0.2) is 249 Å². The Morgan fingerprint density at radius 1 is 0.329 bits per heavy atom. The molecule has 11 aromatic rings. The summed E-state index contributed by atoms with van der Waals surface area (Å²) in [5.41, 5.74) is 31.7. The number of hydrogen-bond acceptors (Lipinski definition) is 1. The molecular formula is C81H69N. The molecule has 398 valence electrons. The van der Waals surface area contributed by atoms with Gasteiger partial charge in [-0.1, -0.05) is 268 Å². The maximum atomic E-state index is 2.56. The van der Waals surface area contributed by atoms with Crippen LogP contribution in [0.1, 0.15) is 129 Å². The predicted molar refractivity (Wildman–Crippen MR) is 344 cm³/mol. The number of hydrogen-bond donors (Lipinski definition) is 0. The summed E-state index contributed by atoms with van der Waals surface area (Å²) in [6.45, 7) is 18.7. The lowest BCUT2D eigenvalue weighted by Gasteiger charge is -2.36. The fourth-order valence-corrected chi connectivity index (χ4v) is 15.6. The molecule has 0 bridgehead atoms. The van der Waals surface area contributed by atoms with Crippen molar-refractivity contribution < 1.29 is 0 Å². The summed E-state index contributed by atoms with van der Waals surface area (Å²) in [7, 11) is 0. The molecule has 11 aromatic carbocycles. The third-order valence-electron chi connectivity index (χ3n) is 19.5. The maximum Gasteiger partial charge on any atom is 0.0714 e. The molecule has 0 heterocycles. The Morgan fingerprint density at radius 2 is 0.756 bits per heavy atom. The molecule has 82 heavy (non-hydrogen) atoms. The molecule has 0 saturated carbocycles. The van der Waals surface area contributed by atoms with Crippen molar-refractivity contribution in [2.45, 2.75) is 95.3 Å². The van der Waals surface area contributed by atoms with Gasteiger partial charge in [-0.05, 0) is 182 Å². The van der Waals surface area contributed by atoms with E-state index >= 15 is 0 Å². The van der Waals surface area contributed by atoms with E-state index in [-0.39, 0.29) is 21.7 Å². The molecule has 0 aromatic heterocycles. The molecule has 0 aliphatic heterocycles.